The molecule has 28 heavy (non-hydrogen) atoms. The minimum absolute atomic E-state index is 0.161. The van der Waals surface area contributed by atoms with Gasteiger partial charge in [0.25, 0.3) is 0 Å². The van der Waals surface area contributed by atoms with E-state index in [0.29, 0.717) is 32.0 Å². The van der Waals surface area contributed by atoms with Gasteiger partial charge >= 0.3 is 0 Å². The standard InChI is InChI=1S/C24H27FN2O/c1-19(2)15-24(28)27(17-20-7-4-3-5-8-20)18-23-9-6-14-26(23)16-21-10-12-22(25)13-11-21/h3-14,19H,15-18H2,1-2H3. The van der Waals surface area contributed by atoms with Crippen molar-refractivity contribution >= 4 is 5.91 Å². The molecular formula is C24H27FN2O. The normalized spacial score (nSPS) is 11.0. The van der Waals surface area contributed by atoms with Gasteiger partial charge in [0.1, 0.15) is 5.82 Å². The number of benzene rings is 2. The summed E-state index contributed by atoms with van der Waals surface area (Å²) in [4.78, 5) is 14.8. The number of halogens is 1. The highest BCUT2D eigenvalue weighted by Crippen LogP contribution is 2.16. The van der Waals surface area contributed by atoms with Crippen LogP contribution in [0.2, 0.25) is 0 Å². The van der Waals surface area contributed by atoms with E-state index in [9.17, 15) is 9.18 Å². The quantitative estimate of drug-likeness (QED) is 0.525. The number of hydrogen-bond donors (Lipinski definition) is 0. The van der Waals surface area contributed by atoms with Crippen LogP contribution in [0.4, 0.5) is 4.39 Å². The van der Waals surface area contributed by atoms with Crippen molar-refractivity contribution in [1.82, 2.24) is 9.47 Å². The molecule has 3 rings (SSSR count). The molecule has 0 unspecified atom stereocenters. The second-order valence-electron chi connectivity index (χ2n) is 7.59. The summed E-state index contributed by atoms with van der Waals surface area (Å²) < 4.78 is 15.3. The first-order chi connectivity index (χ1) is 13.5. The van der Waals surface area contributed by atoms with Gasteiger partial charge in [-0.3, -0.25) is 4.79 Å². The van der Waals surface area contributed by atoms with Crippen LogP contribution >= 0.6 is 0 Å². The van der Waals surface area contributed by atoms with Gasteiger partial charge in [0, 0.05) is 31.4 Å². The zero-order valence-corrected chi connectivity index (χ0v) is 16.5. The monoisotopic (exact) mass is 378 g/mol. The van der Waals surface area contributed by atoms with Crippen LogP contribution < -0.4 is 0 Å². The van der Waals surface area contributed by atoms with Crippen molar-refractivity contribution in [1.29, 1.82) is 0 Å². The van der Waals surface area contributed by atoms with Gasteiger partial charge in [0.2, 0.25) is 5.91 Å². The molecule has 1 amide bonds. The summed E-state index contributed by atoms with van der Waals surface area (Å²) in [5.41, 5.74) is 3.22. The summed E-state index contributed by atoms with van der Waals surface area (Å²) in [6.07, 6.45) is 2.54. The molecule has 0 saturated heterocycles. The molecule has 0 bridgehead atoms. The van der Waals surface area contributed by atoms with Gasteiger partial charge < -0.3 is 9.47 Å². The molecule has 0 atom stereocenters. The van der Waals surface area contributed by atoms with Crippen LogP contribution in [0, 0.1) is 11.7 Å². The van der Waals surface area contributed by atoms with Crippen molar-refractivity contribution in [3.05, 3.63) is 95.6 Å². The van der Waals surface area contributed by atoms with E-state index in [2.05, 4.69) is 18.4 Å². The number of rotatable bonds is 8. The van der Waals surface area contributed by atoms with E-state index in [4.69, 9.17) is 0 Å². The summed E-state index contributed by atoms with van der Waals surface area (Å²) in [5, 5.41) is 0. The number of carbonyl (C=O) groups is 1. The van der Waals surface area contributed by atoms with E-state index in [0.717, 1.165) is 16.8 Å². The Morgan fingerprint density at radius 2 is 1.64 bits per heavy atom. The first kappa shape index (κ1) is 19.9. The number of hydrogen-bond acceptors (Lipinski definition) is 1. The molecule has 3 nitrogen and oxygen atoms in total. The summed E-state index contributed by atoms with van der Waals surface area (Å²) in [7, 11) is 0. The van der Waals surface area contributed by atoms with Crippen molar-refractivity contribution in [3.8, 4) is 0 Å². The highest BCUT2D eigenvalue weighted by Gasteiger charge is 2.17. The Labute approximate surface area is 166 Å². The lowest BCUT2D eigenvalue weighted by Gasteiger charge is -2.25. The van der Waals surface area contributed by atoms with Crippen LogP contribution in [0.3, 0.4) is 0 Å². The molecule has 1 aromatic heterocycles. The minimum atomic E-state index is -0.232. The van der Waals surface area contributed by atoms with Crippen LogP contribution in [0.15, 0.2) is 72.9 Å². The van der Waals surface area contributed by atoms with Gasteiger partial charge in [-0.2, -0.15) is 0 Å². The van der Waals surface area contributed by atoms with Gasteiger partial charge in [-0.15, -0.1) is 0 Å². The Morgan fingerprint density at radius 1 is 0.929 bits per heavy atom. The molecule has 0 N–H and O–H groups in total. The highest BCUT2D eigenvalue weighted by atomic mass is 19.1. The average Bonchev–Trinajstić information content (AvgIpc) is 3.10. The summed E-state index contributed by atoms with van der Waals surface area (Å²) in [6.45, 7) is 5.93. The number of nitrogens with zero attached hydrogens (tertiary/aromatic N) is 2. The van der Waals surface area contributed by atoms with Crippen LogP contribution in [-0.4, -0.2) is 15.4 Å². The maximum atomic E-state index is 13.2. The summed E-state index contributed by atoms with van der Waals surface area (Å²) in [6, 6.07) is 20.7. The van der Waals surface area contributed by atoms with E-state index in [-0.39, 0.29) is 11.7 Å². The Hall–Kier alpha value is -2.88. The lowest BCUT2D eigenvalue weighted by molar-refractivity contribution is -0.133. The second kappa shape index (κ2) is 9.36. The van der Waals surface area contributed by atoms with Crippen LogP contribution in [0.5, 0.6) is 0 Å². The Balaban J connectivity index is 1.77. The molecule has 146 valence electrons. The molecule has 0 fully saturated rings. The number of aromatic nitrogens is 1. The van der Waals surface area contributed by atoms with Gasteiger partial charge in [-0.05, 0) is 41.3 Å². The van der Waals surface area contributed by atoms with Crippen LogP contribution in [0.25, 0.3) is 0 Å². The van der Waals surface area contributed by atoms with E-state index < -0.39 is 0 Å². The SMILES string of the molecule is CC(C)CC(=O)N(Cc1ccccc1)Cc1cccn1Cc1ccc(F)cc1. The molecule has 4 heteroatoms. The number of carbonyl (C=O) groups excluding carboxylic acids is 1. The zero-order chi connectivity index (χ0) is 19.9. The molecule has 3 aromatic rings. The smallest absolute Gasteiger partial charge is 0.223 e. The predicted molar refractivity (Wildman–Crippen MR) is 110 cm³/mol. The van der Waals surface area contributed by atoms with E-state index in [1.165, 1.54) is 12.1 Å². The molecule has 0 aliphatic carbocycles. The lowest BCUT2D eigenvalue weighted by atomic mass is 10.1. The maximum absolute atomic E-state index is 13.2. The lowest BCUT2D eigenvalue weighted by Crippen LogP contribution is -2.31. The fourth-order valence-electron chi connectivity index (χ4n) is 3.24. The topological polar surface area (TPSA) is 25.2 Å². The highest BCUT2D eigenvalue weighted by molar-refractivity contribution is 5.76. The Bertz CT molecular complexity index is 884. The molecule has 0 spiro atoms. The van der Waals surface area contributed by atoms with E-state index >= 15 is 0 Å². The van der Waals surface area contributed by atoms with Gasteiger partial charge in [-0.25, -0.2) is 4.39 Å². The van der Waals surface area contributed by atoms with Crippen molar-refractivity contribution in [2.45, 2.75) is 39.9 Å². The molecule has 0 aliphatic rings. The van der Waals surface area contributed by atoms with E-state index in [1.807, 2.05) is 53.6 Å². The third-order valence-electron chi connectivity index (χ3n) is 4.69. The molecule has 1 heterocycles. The van der Waals surface area contributed by atoms with Crippen molar-refractivity contribution in [2.24, 2.45) is 5.92 Å². The molecule has 0 radical (unpaired) electrons. The summed E-state index contributed by atoms with van der Waals surface area (Å²) in [5.74, 6) is 0.245. The van der Waals surface area contributed by atoms with Crippen molar-refractivity contribution in [3.63, 3.8) is 0 Å². The molecule has 2 aromatic carbocycles. The van der Waals surface area contributed by atoms with E-state index in [1.54, 1.807) is 12.1 Å². The van der Waals surface area contributed by atoms with Crippen molar-refractivity contribution in [2.75, 3.05) is 0 Å². The maximum Gasteiger partial charge on any atom is 0.223 e. The third-order valence-corrected chi connectivity index (χ3v) is 4.69. The van der Waals surface area contributed by atoms with Gasteiger partial charge in [0.05, 0.1) is 6.54 Å². The first-order valence-electron chi connectivity index (χ1n) is 9.71. The average molecular weight is 378 g/mol. The van der Waals surface area contributed by atoms with Gasteiger partial charge in [-0.1, -0.05) is 56.3 Å². The van der Waals surface area contributed by atoms with Crippen LogP contribution in [-0.2, 0) is 24.4 Å². The molecular weight excluding hydrogens is 351 g/mol. The Morgan fingerprint density at radius 3 is 2.32 bits per heavy atom. The van der Waals surface area contributed by atoms with Crippen LogP contribution in [0.1, 0.15) is 37.1 Å². The first-order valence-corrected chi connectivity index (χ1v) is 9.71. The fraction of sp³-hybridized carbons (Fsp3) is 0.292. The number of amides is 1. The minimum Gasteiger partial charge on any atom is -0.345 e. The third kappa shape index (κ3) is 5.56. The summed E-state index contributed by atoms with van der Waals surface area (Å²) >= 11 is 0. The van der Waals surface area contributed by atoms with Crippen molar-refractivity contribution < 1.29 is 9.18 Å². The zero-order valence-electron chi connectivity index (χ0n) is 16.5. The Kier molecular flexibility index (Phi) is 6.64. The molecule has 0 aliphatic heterocycles. The van der Waals surface area contributed by atoms with Gasteiger partial charge in [0.15, 0.2) is 0 Å². The largest absolute Gasteiger partial charge is 0.345 e. The molecule has 0 saturated carbocycles. The fourth-order valence-corrected chi connectivity index (χ4v) is 3.24. The predicted octanol–water partition coefficient (Wildman–Crippen LogP) is 5.25. The second-order valence-corrected chi connectivity index (χ2v) is 7.59.